The minimum Gasteiger partial charge on any atom is -0.766 e. The Morgan fingerprint density at radius 1 is 1.17 bits per heavy atom. The second-order valence-corrected chi connectivity index (χ2v) is 9.74. The molecule has 5 atom stereocenters. The van der Waals surface area contributed by atoms with Crippen LogP contribution in [-0.2, 0) is 18.6 Å². The summed E-state index contributed by atoms with van der Waals surface area (Å²) < 4.78 is 31.5. The molecule has 0 radical (unpaired) electrons. The molecular weight excluding hydrogens is 490 g/mol. The van der Waals surface area contributed by atoms with Crippen molar-refractivity contribution in [3.8, 4) is 11.4 Å². The topological polar surface area (TPSA) is 181 Å². The molecule has 0 spiro atoms. The number of hydrogen-bond donors (Lipinski definition) is 3. The molecule has 13 nitrogen and oxygen atoms in total. The molecule has 4 N–H and O–H groups in total. The predicted octanol–water partition coefficient (Wildman–Crippen LogP) is -3.48. The number of fused-ring (bicyclic) bond motifs is 1. The Kier molecular flexibility index (Phi) is 8.25. The van der Waals surface area contributed by atoms with Gasteiger partial charge in [-0.15, -0.1) is 0 Å². The summed E-state index contributed by atoms with van der Waals surface area (Å²) in [6.45, 7) is 0.447. The van der Waals surface area contributed by atoms with E-state index in [2.05, 4.69) is 15.0 Å². The maximum Gasteiger partial charge on any atom is 1.00 e. The summed E-state index contributed by atoms with van der Waals surface area (Å²) in [6, 6.07) is 9.12. The summed E-state index contributed by atoms with van der Waals surface area (Å²) in [5, 5.41) is 21.5. The largest absolute Gasteiger partial charge is 1.00 e. The summed E-state index contributed by atoms with van der Waals surface area (Å²) in [5.41, 5.74) is 7.29. The smallest absolute Gasteiger partial charge is 0.766 e. The van der Waals surface area contributed by atoms with E-state index in [9.17, 15) is 19.7 Å². The minimum absolute atomic E-state index is 0. The number of imidazole rings is 1. The van der Waals surface area contributed by atoms with Crippen molar-refractivity contribution >= 4 is 24.7 Å². The van der Waals surface area contributed by atoms with Crippen molar-refractivity contribution in [3.05, 3.63) is 36.7 Å². The van der Waals surface area contributed by atoms with Crippen molar-refractivity contribution in [1.82, 2.24) is 24.2 Å². The molecule has 1 aromatic carbocycles. The van der Waals surface area contributed by atoms with Crippen LogP contribution in [0.3, 0.4) is 0 Å². The van der Waals surface area contributed by atoms with Gasteiger partial charge in [0.2, 0.25) is 7.75 Å². The maximum atomic E-state index is 12.5. The zero-order valence-corrected chi connectivity index (χ0v) is 21.9. The van der Waals surface area contributed by atoms with Crippen molar-refractivity contribution in [2.24, 2.45) is 0 Å². The first-order chi connectivity index (χ1) is 16.4. The summed E-state index contributed by atoms with van der Waals surface area (Å²) >= 11 is 0. The summed E-state index contributed by atoms with van der Waals surface area (Å²) in [6.07, 6.45) is -3.83. The molecule has 2 saturated heterocycles. The molecule has 4 heterocycles. The molecule has 0 bridgehead atoms. The van der Waals surface area contributed by atoms with Crippen LogP contribution in [0.1, 0.15) is 6.23 Å². The van der Waals surface area contributed by atoms with Gasteiger partial charge in [0.15, 0.2) is 23.2 Å². The number of aliphatic hydroxyl groups is 2. The molecule has 2 fully saturated rings. The fourth-order valence-corrected chi connectivity index (χ4v) is 5.24. The van der Waals surface area contributed by atoms with Crippen LogP contribution in [0.5, 0.6) is 0 Å². The fraction of sp³-hybridized carbons (Fsp3) is 0.450. The zero-order valence-electron chi connectivity index (χ0n) is 19.0. The van der Waals surface area contributed by atoms with Gasteiger partial charge < -0.3 is 34.8 Å². The predicted molar refractivity (Wildman–Crippen MR) is 117 cm³/mol. The van der Waals surface area contributed by atoms with Gasteiger partial charge in [0, 0.05) is 18.7 Å². The summed E-state index contributed by atoms with van der Waals surface area (Å²) in [5.74, 6) is 0.537. The molecule has 2 aromatic heterocycles. The average molecular weight is 514 g/mol. The molecule has 35 heavy (non-hydrogen) atoms. The number of anilines is 1. The van der Waals surface area contributed by atoms with E-state index >= 15 is 0 Å². The van der Waals surface area contributed by atoms with Gasteiger partial charge in [-0.05, 0) is 0 Å². The number of benzene rings is 1. The van der Waals surface area contributed by atoms with E-state index in [-0.39, 0.29) is 61.7 Å². The van der Waals surface area contributed by atoms with E-state index in [1.807, 2.05) is 30.3 Å². The Morgan fingerprint density at radius 2 is 1.89 bits per heavy atom. The first kappa shape index (κ1) is 26.6. The number of nitrogens with two attached hydrogens (primary N) is 1. The van der Waals surface area contributed by atoms with Gasteiger partial charge in [0.1, 0.15) is 30.5 Å². The normalized spacial score (nSPS) is 26.9. The number of hydrogen-bond acceptors (Lipinski definition) is 11. The quantitative estimate of drug-likeness (QED) is 0.219. The Hall–Kier alpha value is -1.48. The Bertz CT molecular complexity index is 1210. The van der Waals surface area contributed by atoms with Crippen LogP contribution in [0.15, 0.2) is 36.7 Å². The van der Waals surface area contributed by atoms with Gasteiger partial charge in [-0.3, -0.25) is 9.13 Å². The van der Waals surface area contributed by atoms with Crippen LogP contribution in [0.2, 0.25) is 0 Å². The van der Waals surface area contributed by atoms with Gasteiger partial charge in [-0.25, -0.2) is 19.6 Å². The number of aliphatic hydroxyl groups excluding tert-OH is 2. The third kappa shape index (κ3) is 5.17. The number of nitrogen functional groups attached to an aromatic ring is 1. The molecule has 2 aliphatic rings. The van der Waals surface area contributed by atoms with Crippen molar-refractivity contribution in [2.45, 2.75) is 24.5 Å². The summed E-state index contributed by atoms with van der Waals surface area (Å²) in [7, 11) is -4.38. The van der Waals surface area contributed by atoms with Crippen LogP contribution in [0.4, 0.5) is 5.82 Å². The molecular formula is C20H24N6NaO7P. The van der Waals surface area contributed by atoms with Crippen molar-refractivity contribution < 1.29 is 63.2 Å². The van der Waals surface area contributed by atoms with Crippen LogP contribution in [-0.4, -0.2) is 85.6 Å². The van der Waals surface area contributed by atoms with Crippen LogP contribution in [0.25, 0.3) is 22.6 Å². The molecule has 0 saturated carbocycles. The number of rotatable bonds is 6. The van der Waals surface area contributed by atoms with E-state index in [1.54, 1.807) is 0 Å². The first-order valence-corrected chi connectivity index (χ1v) is 12.2. The van der Waals surface area contributed by atoms with Gasteiger partial charge in [-0.2, -0.15) is 0 Å². The van der Waals surface area contributed by atoms with Gasteiger partial charge in [-0.1, -0.05) is 30.3 Å². The fourth-order valence-electron chi connectivity index (χ4n) is 4.09. The Morgan fingerprint density at radius 3 is 2.60 bits per heavy atom. The van der Waals surface area contributed by atoms with Crippen molar-refractivity contribution in [1.29, 1.82) is 0 Å². The number of ether oxygens (including phenoxy) is 2. The Labute approximate surface area is 222 Å². The van der Waals surface area contributed by atoms with E-state index in [1.165, 1.54) is 15.6 Å². The molecule has 3 aromatic rings. The van der Waals surface area contributed by atoms with Crippen LogP contribution < -0.4 is 40.2 Å². The van der Waals surface area contributed by atoms with Crippen molar-refractivity contribution in [2.75, 3.05) is 38.6 Å². The molecule has 182 valence electrons. The minimum atomic E-state index is -4.38. The number of morpholine rings is 1. The van der Waals surface area contributed by atoms with Crippen LogP contribution >= 0.6 is 7.75 Å². The standard InChI is InChI=1S/C20H25N6O7P.Na/c21-17-14-19(23-11-22-17)26(18(24-14)12-4-2-1-3-5-12)20-16(28)15(27)13(33-20)10-32-34(29,30)25-6-8-31-9-7-25;/h1-5,11,13,15-16,20,27-28H,6-10H2,(H,29,30)(H2,21,22,23);/q;+1/p-1/t13-,15-,16-,20-;/m1./s1. The van der Waals surface area contributed by atoms with E-state index in [4.69, 9.17) is 19.7 Å². The average Bonchev–Trinajstić information content (AvgIpc) is 3.37. The SMILES string of the molecule is Nc1ncnc2c1nc(-c1ccccc1)n2[C@@H]1O[C@H](COP(=O)([O-])N2CCOCC2)[C@@H](O)[C@H]1O.[Na+]. The second kappa shape index (κ2) is 10.9. The molecule has 1 unspecified atom stereocenters. The molecule has 0 aliphatic carbocycles. The first-order valence-electron chi connectivity index (χ1n) is 10.7. The third-order valence-corrected chi connectivity index (χ3v) is 7.43. The van der Waals surface area contributed by atoms with E-state index < -0.39 is 38.9 Å². The third-order valence-electron chi connectivity index (χ3n) is 5.86. The Balaban J connectivity index is 0.00000289. The van der Waals surface area contributed by atoms with Crippen LogP contribution in [0, 0.1) is 0 Å². The molecule has 5 rings (SSSR count). The number of nitrogens with zero attached hydrogens (tertiary/aromatic N) is 5. The number of aromatic nitrogens is 4. The van der Waals surface area contributed by atoms with E-state index in [0.717, 1.165) is 0 Å². The molecule has 0 amide bonds. The van der Waals surface area contributed by atoms with Crippen molar-refractivity contribution in [3.63, 3.8) is 0 Å². The summed E-state index contributed by atoms with van der Waals surface area (Å²) in [4.78, 5) is 25.3. The van der Waals surface area contributed by atoms with Gasteiger partial charge >= 0.3 is 29.6 Å². The van der Waals surface area contributed by atoms with E-state index in [0.29, 0.717) is 22.6 Å². The zero-order chi connectivity index (χ0) is 23.9. The maximum absolute atomic E-state index is 12.5. The molecule has 2 aliphatic heterocycles. The van der Waals surface area contributed by atoms with Gasteiger partial charge in [0.25, 0.3) is 0 Å². The second-order valence-electron chi connectivity index (χ2n) is 7.98. The van der Waals surface area contributed by atoms with Gasteiger partial charge in [0.05, 0.1) is 19.8 Å². The molecule has 15 heteroatoms. The monoisotopic (exact) mass is 514 g/mol.